The van der Waals surface area contributed by atoms with Gasteiger partial charge in [-0.2, -0.15) is 0 Å². The van der Waals surface area contributed by atoms with Gasteiger partial charge in [-0.05, 0) is 88.3 Å². The van der Waals surface area contributed by atoms with Gasteiger partial charge in [-0.1, -0.05) is 51.5 Å². The van der Waals surface area contributed by atoms with E-state index < -0.39 is 11.6 Å². The van der Waals surface area contributed by atoms with Crippen LogP contribution in [0.1, 0.15) is 72.1 Å². The van der Waals surface area contributed by atoms with E-state index in [0.29, 0.717) is 17.5 Å². The van der Waals surface area contributed by atoms with Crippen molar-refractivity contribution in [1.82, 2.24) is 0 Å². The number of nitrogens with one attached hydrogen (secondary N) is 2. The Morgan fingerprint density at radius 2 is 1.51 bits per heavy atom. The molecule has 0 unspecified atom stereocenters. The number of nitrogens with zero attached hydrogens (tertiary/aromatic N) is 1. The van der Waals surface area contributed by atoms with Gasteiger partial charge in [-0.25, -0.2) is 9.59 Å². The van der Waals surface area contributed by atoms with Crippen molar-refractivity contribution in [3.05, 3.63) is 59.2 Å². The molecule has 0 radical (unpaired) electrons. The summed E-state index contributed by atoms with van der Waals surface area (Å²) in [6.07, 6.45) is 1.50. The standard InChI is InChI=1S/C31H45N3O3/c1-20(2)18-34(19-21(3)4)28-14-12-25(23(6)16-29(35)37-31(8,9)10)17-27(28)33-30(36)32-26-13-11-22(5)15-24(26)7/h11-17,20-21H,18-19H2,1-10H3,(H2,32,33,36)/b23-16+. The van der Waals surface area contributed by atoms with Crippen LogP contribution in [0.3, 0.4) is 0 Å². The average molecular weight is 508 g/mol. The summed E-state index contributed by atoms with van der Waals surface area (Å²) in [6.45, 7) is 21.9. The van der Waals surface area contributed by atoms with Crippen LogP contribution in [0.15, 0.2) is 42.5 Å². The number of benzene rings is 2. The normalized spacial score (nSPS) is 12.1. The second kappa shape index (κ2) is 12.8. The zero-order valence-corrected chi connectivity index (χ0v) is 24.3. The summed E-state index contributed by atoms with van der Waals surface area (Å²) >= 11 is 0. The van der Waals surface area contributed by atoms with Crippen LogP contribution in [-0.2, 0) is 9.53 Å². The molecule has 2 amide bonds. The minimum Gasteiger partial charge on any atom is -0.457 e. The SMILES string of the molecule is C/C(=C\C(=O)OC(C)(C)C)c1ccc(N(CC(C)C)CC(C)C)c(NC(=O)Nc2ccc(C)cc2C)c1. The summed E-state index contributed by atoms with van der Waals surface area (Å²) in [4.78, 5) is 27.8. The quantitative estimate of drug-likeness (QED) is 0.268. The number of amides is 2. The fourth-order valence-electron chi connectivity index (χ4n) is 4.13. The third-order valence-electron chi connectivity index (χ3n) is 5.58. The van der Waals surface area contributed by atoms with Gasteiger partial charge in [0.15, 0.2) is 0 Å². The Morgan fingerprint density at radius 1 is 0.919 bits per heavy atom. The Labute approximate surface area is 223 Å². The van der Waals surface area contributed by atoms with Gasteiger partial charge in [0.25, 0.3) is 0 Å². The van der Waals surface area contributed by atoms with E-state index in [1.807, 2.05) is 77.9 Å². The molecule has 0 heterocycles. The number of hydrogen-bond donors (Lipinski definition) is 2. The van der Waals surface area contributed by atoms with Crippen molar-refractivity contribution < 1.29 is 14.3 Å². The Morgan fingerprint density at radius 3 is 2.05 bits per heavy atom. The number of esters is 1. The lowest BCUT2D eigenvalue weighted by Gasteiger charge is -2.31. The fraction of sp³-hybridized carbons (Fsp3) is 0.484. The van der Waals surface area contributed by atoms with E-state index in [1.54, 1.807) is 0 Å². The Bertz CT molecular complexity index is 1120. The van der Waals surface area contributed by atoms with E-state index in [4.69, 9.17) is 4.74 Å². The summed E-state index contributed by atoms with van der Waals surface area (Å²) in [5, 5.41) is 6.06. The van der Waals surface area contributed by atoms with E-state index in [0.717, 1.165) is 46.7 Å². The first-order valence-corrected chi connectivity index (χ1v) is 13.1. The van der Waals surface area contributed by atoms with E-state index >= 15 is 0 Å². The van der Waals surface area contributed by atoms with Gasteiger partial charge < -0.3 is 20.3 Å². The van der Waals surface area contributed by atoms with Crippen molar-refractivity contribution in [1.29, 1.82) is 0 Å². The summed E-state index contributed by atoms with van der Waals surface area (Å²) in [5.74, 6) is 0.505. The molecule has 2 N–H and O–H groups in total. The molecule has 202 valence electrons. The van der Waals surface area contributed by atoms with Crippen molar-refractivity contribution in [2.75, 3.05) is 28.6 Å². The molecule has 0 saturated heterocycles. The van der Waals surface area contributed by atoms with Crippen LogP contribution < -0.4 is 15.5 Å². The van der Waals surface area contributed by atoms with Gasteiger partial charge in [0.2, 0.25) is 0 Å². The zero-order chi connectivity index (χ0) is 27.9. The highest BCUT2D eigenvalue weighted by Crippen LogP contribution is 2.32. The first-order chi connectivity index (χ1) is 17.1. The fourth-order valence-corrected chi connectivity index (χ4v) is 4.13. The Kier molecular flexibility index (Phi) is 10.4. The summed E-state index contributed by atoms with van der Waals surface area (Å²) in [5.41, 5.74) is 5.59. The number of carbonyl (C=O) groups is 2. The Balaban J connectivity index is 2.46. The molecule has 2 rings (SSSR count). The number of aryl methyl sites for hydroxylation is 2. The highest BCUT2D eigenvalue weighted by molar-refractivity contribution is 6.03. The second-order valence-electron chi connectivity index (χ2n) is 11.7. The summed E-state index contributed by atoms with van der Waals surface area (Å²) < 4.78 is 5.46. The summed E-state index contributed by atoms with van der Waals surface area (Å²) in [6, 6.07) is 11.6. The van der Waals surface area contributed by atoms with E-state index in [1.165, 1.54) is 6.08 Å². The maximum Gasteiger partial charge on any atom is 0.331 e. The molecule has 0 aliphatic carbocycles. The second-order valence-corrected chi connectivity index (χ2v) is 11.7. The van der Waals surface area contributed by atoms with Gasteiger partial charge in [0.1, 0.15) is 5.60 Å². The van der Waals surface area contributed by atoms with Crippen LogP contribution in [0.4, 0.5) is 21.9 Å². The van der Waals surface area contributed by atoms with Gasteiger partial charge in [-0.3, -0.25) is 0 Å². The minimum atomic E-state index is -0.565. The maximum atomic E-state index is 13.1. The molecule has 0 aromatic heterocycles. The molecule has 0 saturated carbocycles. The molecule has 0 spiro atoms. The smallest absolute Gasteiger partial charge is 0.331 e. The molecule has 2 aromatic rings. The van der Waals surface area contributed by atoms with Gasteiger partial charge >= 0.3 is 12.0 Å². The van der Waals surface area contributed by atoms with Crippen molar-refractivity contribution in [2.24, 2.45) is 11.8 Å². The lowest BCUT2D eigenvalue weighted by molar-refractivity contribution is -0.148. The predicted octanol–water partition coefficient (Wildman–Crippen LogP) is 7.81. The largest absolute Gasteiger partial charge is 0.457 e. The van der Waals surface area contributed by atoms with Crippen LogP contribution in [0.2, 0.25) is 0 Å². The third kappa shape index (κ3) is 9.95. The van der Waals surface area contributed by atoms with Crippen molar-refractivity contribution in [2.45, 2.75) is 74.8 Å². The lowest BCUT2D eigenvalue weighted by atomic mass is 10.0. The molecular weight excluding hydrogens is 462 g/mol. The average Bonchev–Trinajstić information content (AvgIpc) is 2.73. The van der Waals surface area contributed by atoms with Crippen LogP contribution in [0.5, 0.6) is 0 Å². The van der Waals surface area contributed by atoms with Gasteiger partial charge in [-0.15, -0.1) is 0 Å². The molecule has 6 nitrogen and oxygen atoms in total. The first-order valence-electron chi connectivity index (χ1n) is 13.1. The number of urea groups is 1. The number of allylic oxidation sites excluding steroid dienone is 1. The predicted molar refractivity (Wildman–Crippen MR) is 156 cm³/mol. The van der Waals surface area contributed by atoms with Crippen LogP contribution in [-0.4, -0.2) is 30.7 Å². The monoisotopic (exact) mass is 507 g/mol. The summed E-state index contributed by atoms with van der Waals surface area (Å²) in [7, 11) is 0. The highest BCUT2D eigenvalue weighted by Gasteiger charge is 2.19. The molecule has 0 bridgehead atoms. The van der Waals surface area contributed by atoms with Gasteiger partial charge in [0, 0.05) is 24.9 Å². The number of hydrogen-bond acceptors (Lipinski definition) is 4. The molecule has 0 aliphatic rings. The number of rotatable bonds is 9. The Hall–Kier alpha value is -3.28. The number of ether oxygens (including phenoxy) is 1. The zero-order valence-electron chi connectivity index (χ0n) is 24.3. The van der Waals surface area contributed by atoms with E-state index in [2.05, 4.69) is 43.2 Å². The lowest BCUT2D eigenvalue weighted by Crippen LogP contribution is -2.32. The molecule has 2 aromatic carbocycles. The number of carbonyl (C=O) groups excluding carboxylic acids is 2. The molecular formula is C31H45N3O3. The molecule has 6 heteroatoms. The highest BCUT2D eigenvalue weighted by atomic mass is 16.6. The molecule has 0 aliphatic heterocycles. The van der Waals surface area contributed by atoms with Crippen LogP contribution in [0, 0.1) is 25.7 Å². The maximum absolute atomic E-state index is 13.1. The van der Waals surface area contributed by atoms with E-state index in [-0.39, 0.29) is 6.03 Å². The minimum absolute atomic E-state index is 0.312. The van der Waals surface area contributed by atoms with Crippen molar-refractivity contribution in [3.8, 4) is 0 Å². The van der Waals surface area contributed by atoms with Crippen molar-refractivity contribution in [3.63, 3.8) is 0 Å². The molecule has 0 atom stereocenters. The number of anilines is 3. The topological polar surface area (TPSA) is 70.7 Å². The van der Waals surface area contributed by atoms with Crippen LogP contribution in [0.25, 0.3) is 5.57 Å². The van der Waals surface area contributed by atoms with Crippen LogP contribution >= 0.6 is 0 Å². The van der Waals surface area contributed by atoms with E-state index in [9.17, 15) is 9.59 Å². The van der Waals surface area contributed by atoms with Gasteiger partial charge in [0.05, 0.1) is 11.4 Å². The molecule has 37 heavy (non-hydrogen) atoms. The molecule has 0 fully saturated rings. The van der Waals surface area contributed by atoms with Crippen molar-refractivity contribution >= 4 is 34.6 Å². The first kappa shape index (κ1) is 29.9. The third-order valence-corrected chi connectivity index (χ3v) is 5.58.